The summed E-state index contributed by atoms with van der Waals surface area (Å²) >= 11 is 0. The molecule has 0 radical (unpaired) electrons. The molecule has 1 saturated carbocycles. The molecule has 2 N–H and O–H groups in total. The smallest absolute Gasteiger partial charge is 0.410 e. The molecule has 1 amide bonds. The van der Waals surface area contributed by atoms with Gasteiger partial charge in [0.1, 0.15) is 18.0 Å². The van der Waals surface area contributed by atoms with Gasteiger partial charge < -0.3 is 43.6 Å². The molecule has 13 atom stereocenters. The maximum Gasteiger partial charge on any atom is 0.410 e. The van der Waals surface area contributed by atoms with Gasteiger partial charge in [0.15, 0.2) is 17.7 Å². The molecule has 6 rings (SSSR count). The van der Waals surface area contributed by atoms with Crippen LogP contribution >= 0.6 is 0 Å². The van der Waals surface area contributed by atoms with Crippen LogP contribution in [0.1, 0.15) is 100 Å². The van der Waals surface area contributed by atoms with E-state index in [1.165, 1.54) is 18.9 Å². The van der Waals surface area contributed by atoms with Gasteiger partial charge in [-0.15, -0.1) is 0 Å². The molecule has 0 bridgehead atoms. The minimum absolute atomic E-state index is 0.00547. The maximum atomic E-state index is 17.0. The number of amides is 1. The lowest BCUT2D eigenvalue weighted by molar-refractivity contribution is -0.290. The van der Waals surface area contributed by atoms with Crippen LogP contribution in [0.4, 0.5) is 9.18 Å². The topological polar surface area (TPSA) is 181 Å². The number of hydrogen-bond donors (Lipinski definition) is 2. The SMILES string of the molecule is CC[C@H]1OC(=O)[C@@](C)(F)C(=O)[C@H](C)[C@@H](O[C@@H]2O[C@H](C)C[C@H](NCC3CC3)[C@@H]2O)[C@](C)(OC)C[C@@H](C)C(=O)[C@H](C)C2N(CCCCn3cnc(-c4cccnc4)c3)C(=O)O[C@@]21C. The maximum absolute atomic E-state index is 17.0. The zero-order valence-corrected chi connectivity index (χ0v) is 37.2. The Hall–Kier alpha value is -3.83. The van der Waals surface area contributed by atoms with Crippen molar-refractivity contribution in [3.8, 4) is 11.3 Å². The Bertz CT molecular complexity index is 1860. The van der Waals surface area contributed by atoms with Gasteiger partial charge >= 0.3 is 12.1 Å². The summed E-state index contributed by atoms with van der Waals surface area (Å²) in [5.74, 6) is -5.20. The molecule has 3 saturated heterocycles. The van der Waals surface area contributed by atoms with E-state index in [0.29, 0.717) is 31.7 Å². The molecule has 2 aromatic rings. The van der Waals surface area contributed by atoms with Crippen molar-refractivity contribution in [3.63, 3.8) is 0 Å². The molecule has 1 unspecified atom stereocenters. The first-order chi connectivity index (χ1) is 28.8. The monoisotopic (exact) mass is 855 g/mol. The summed E-state index contributed by atoms with van der Waals surface area (Å²) in [7, 11) is 1.42. The van der Waals surface area contributed by atoms with Crippen molar-refractivity contribution in [3.05, 3.63) is 37.1 Å². The Morgan fingerprint density at radius 2 is 1.77 bits per heavy atom. The minimum Gasteiger partial charge on any atom is -0.455 e. The number of aliphatic hydroxyl groups excluding tert-OH is 1. The van der Waals surface area contributed by atoms with Crippen molar-refractivity contribution < 1.29 is 52.4 Å². The largest absolute Gasteiger partial charge is 0.455 e. The third-order valence-corrected chi connectivity index (χ3v) is 13.6. The third-order valence-electron chi connectivity index (χ3n) is 13.6. The number of halogens is 1. The highest BCUT2D eigenvalue weighted by Crippen LogP contribution is 2.44. The number of aromatic nitrogens is 3. The molecule has 0 aromatic carbocycles. The predicted molar refractivity (Wildman–Crippen MR) is 222 cm³/mol. The number of hydrogen-bond acceptors (Lipinski definition) is 13. The number of imidazole rings is 1. The van der Waals surface area contributed by atoms with Crippen LogP contribution in [-0.4, -0.2) is 128 Å². The number of aliphatic hydroxyl groups is 1. The standard InChI is InChI=1S/C45H66FN5O10/c1-10-34-45(8)37(51(42(56)61-45)19-12-11-18-50-24-33(49-25-50)31-14-13-17-47-23-31)28(4)35(52)26(2)21-43(6,57-9)39(29(5)38(54)44(7,46)41(55)59-34)60-40-36(53)32(20-27(3)58-40)48-22-30-15-16-30/h13-14,17,23-30,32,34,36-37,39-40,48,53H,10-12,15-16,18-22H2,1-9H3/t26-,27-,28+,29+,32+,34-,36+,37?,39-,40+,43-,44+,45-/m1/s1. The molecule has 61 heavy (non-hydrogen) atoms. The number of Topliss-reactive ketones (excluding diaryl/α,β-unsaturated/α-hetero) is 2. The van der Waals surface area contributed by atoms with Crippen molar-refractivity contribution in [1.29, 1.82) is 0 Å². The van der Waals surface area contributed by atoms with E-state index in [2.05, 4.69) is 15.3 Å². The number of methoxy groups -OCH3 is 1. The van der Waals surface area contributed by atoms with Crippen LogP contribution in [0, 0.1) is 23.7 Å². The van der Waals surface area contributed by atoms with Crippen molar-refractivity contribution >= 4 is 23.6 Å². The Morgan fingerprint density at radius 1 is 1.05 bits per heavy atom. The Morgan fingerprint density at radius 3 is 2.43 bits per heavy atom. The van der Waals surface area contributed by atoms with Gasteiger partial charge in [0.2, 0.25) is 0 Å². The van der Waals surface area contributed by atoms with Crippen LogP contribution < -0.4 is 5.32 Å². The van der Waals surface area contributed by atoms with Crippen LogP contribution in [0.3, 0.4) is 0 Å². The van der Waals surface area contributed by atoms with E-state index in [0.717, 1.165) is 37.6 Å². The van der Waals surface area contributed by atoms with E-state index in [1.807, 2.05) is 29.8 Å². The molecule has 2 aromatic heterocycles. The van der Waals surface area contributed by atoms with Gasteiger partial charge in [-0.1, -0.05) is 27.7 Å². The summed E-state index contributed by atoms with van der Waals surface area (Å²) in [6.07, 6.45) is 5.25. The van der Waals surface area contributed by atoms with E-state index in [1.54, 1.807) is 53.3 Å². The first-order valence-electron chi connectivity index (χ1n) is 22.0. The van der Waals surface area contributed by atoms with Crippen molar-refractivity contribution in [2.75, 3.05) is 20.2 Å². The fraction of sp³-hybridized carbons (Fsp3) is 0.733. The lowest BCUT2D eigenvalue weighted by atomic mass is 9.73. The van der Waals surface area contributed by atoms with Crippen molar-refractivity contribution in [2.24, 2.45) is 23.7 Å². The van der Waals surface area contributed by atoms with Crippen LogP contribution in [-0.2, 0) is 44.6 Å². The summed E-state index contributed by atoms with van der Waals surface area (Å²) in [5.41, 5.74) is -4.52. The molecule has 5 heterocycles. The van der Waals surface area contributed by atoms with Gasteiger partial charge in [-0.25, -0.2) is 19.0 Å². The van der Waals surface area contributed by atoms with Gasteiger partial charge in [0.05, 0.1) is 35.9 Å². The highest BCUT2D eigenvalue weighted by atomic mass is 19.1. The van der Waals surface area contributed by atoms with Gasteiger partial charge in [0.25, 0.3) is 5.67 Å². The van der Waals surface area contributed by atoms with Gasteiger partial charge in [-0.2, -0.15) is 0 Å². The Balaban J connectivity index is 1.27. The van der Waals surface area contributed by atoms with Gasteiger partial charge in [0, 0.05) is 68.1 Å². The lowest BCUT2D eigenvalue weighted by Crippen LogP contribution is -2.62. The normalized spacial score (nSPS) is 37.9. The number of cyclic esters (lactones) is 1. The average Bonchev–Trinajstić information content (AvgIpc) is 3.88. The molecule has 15 nitrogen and oxygen atoms in total. The highest BCUT2D eigenvalue weighted by Gasteiger charge is 2.61. The first kappa shape index (κ1) is 46.7. The van der Waals surface area contributed by atoms with Crippen LogP contribution in [0.2, 0.25) is 0 Å². The zero-order chi connectivity index (χ0) is 44.4. The molecule has 338 valence electrons. The van der Waals surface area contributed by atoms with Crippen molar-refractivity contribution in [2.45, 2.75) is 167 Å². The number of unbranched alkanes of at least 4 members (excludes halogenated alkanes) is 1. The molecular weight excluding hydrogens is 790 g/mol. The van der Waals surface area contributed by atoms with E-state index in [4.69, 9.17) is 23.7 Å². The molecule has 1 aliphatic carbocycles. The second-order valence-corrected chi connectivity index (χ2v) is 18.5. The number of ketones is 2. The number of rotatable bonds is 13. The fourth-order valence-electron chi connectivity index (χ4n) is 9.79. The summed E-state index contributed by atoms with van der Waals surface area (Å²) in [5, 5.41) is 15.0. The van der Waals surface area contributed by atoms with Crippen LogP contribution in [0.5, 0.6) is 0 Å². The van der Waals surface area contributed by atoms with E-state index in [-0.39, 0.29) is 37.3 Å². The number of fused-ring (bicyclic) bond motifs is 1. The number of carbonyl (C=O) groups is 4. The number of aryl methyl sites for hydroxylation is 1. The van der Waals surface area contributed by atoms with E-state index in [9.17, 15) is 24.3 Å². The lowest BCUT2D eigenvalue weighted by Gasteiger charge is -2.46. The average molecular weight is 856 g/mol. The quantitative estimate of drug-likeness (QED) is 0.148. The summed E-state index contributed by atoms with van der Waals surface area (Å²) in [4.78, 5) is 67.1. The van der Waals surface area contributed by atoms with Crippen molar-refractivity contribution in [1.82, 2.24) is 24.8 Å². The molecular formula is C45H66FN5O10. The molecule has 16 heteroatoms. The van der Waals surface area contributed by atoms with Gasteiger partial charge in [-0.3, -0.25) is 14.6 Å². The molecule has 0 spiro atoms. The van der Waals surface area contributed by atoms with Gasteiger partial charge in [-0.05, 0) is 97.2 Å². The zero-order valence-electron chi connectivity index (χ0n) is 37.2. The second kappa shape index (κ2) is 18.9. The molecule has 4 aliphatic rings. The Labute approximate surface area is 358 Å². The number of esters is 1. The number of ether oxygens (including phenoxy) is 5. The highest BCUT2D eigenvalue weighted by molar-refractivity contribution is 6.08. The minimum atomic E-state index is -3.17. The van der Waals surface area contributed by atoms with Crippen LogP contribution in [0.15, 0.2) is 37.1 Å². The number of nitrogens with one attached hydrogen (secondary N) is 1. The second-order valence-electron chi connectivity index (χ2n) is 18.5. The number of pyridine rings is 1. The summed E-state index contributed by atoms with van der Waals surface area (Å²) in [6.45, 7) is 14.2. The predicted octanol–water partition coefficient (Wildman–Crippen LogP) is 5.46. The fourth-order valence-corrected chi connectivity index (χ4v) is 9.79. The third kappa shape index (κ3) is 9.88. The number of nitrogens with zero attached hydrogens (tertiary/aromatic N) is 4. The summed E-state index contributed by atoms with van der Waals surface area (Å²) < 4.78 is 49.7. The molecule has 3 aliphatic heterocycles. The van der Waals surface area contributed by atoms with E-state index < -0.39 is 83.1 Å². The summed E-state index contributed by atoms with van der Waals surface area (Å²) in [6, 6.07) is 2.49. The molecule has 4 fully saturated rings. The number of alkyl halides is 1. The van der Waals surface area contributed by atoms with Crippen LogP contribution in [0.25, 0.3) is 11.3 Å². The van der Waals surface area contributed by atoms with E-state index >= 15 is 4.39 Å². The first-order valence-corrected chi connectivity index (χ1v) is 22.0. The Kier molecular flexibility index (Phi) is 14.4. The number of carbonyl (C=O) groups excluding carboxylic acids is 4.